The van der Waals surface area contributed by atoms with Gasteiger partial charge in [-0.1, -0.05) is 26.0 Å². The molecule has 1 amide bonds. The number of para-hydroxylation sites is 1. The Morgan fingerprint density at radius 1 is 1.12 bits per heavy atom. The molecule has 0 aliphatic rings. The molecule has 0 saturated carbocycles. The lowest BCUT2D eigenvalue weighted by Crippen LogP contribution is -2.34. The summed E-state index contributed by atoms with van der Waals surface area (Å²) >= 11 is 5.19. The van der Waals surface area contributed by atoms with Gasteiger partial charge in [0.25, 0.3) is 5.91 Å². The van der Waals surface area contributed by atoms with Gasteiger partial charge in [0, 0.05) is 5.69 Å². The van der Waals surface area contributed by atoms with Gasteiger partial charge in [0.15, 0.2) is 5.11 Å². The van der Waals surface area contributed by atoms with E-state index in [1.165, 1.54) is 7.11 Å². The van der Waals surface area contributed by atoms with Crippen molar-refractivity contribution in [3.63, 3.8) is 0 Å². The predicted molar refractivity (Wildman–Crippen MR) is 103 cm³/mol. The normalized spacial score (nSPS) is 10.2. The molecule has 0 radical (unpaired) electrons. The number of rotatable bonds is 6. The van der Waals surface area contributed by atoms with Crippen molar-refractivity contribution in [2.75, 3.05) is 19.0 Å². The van der Waals surface area contributed by atoms with Crippen LogP contribution in [0.5, 0.6) is 11.5 Å². The molecule has 0 fully saturated rings. The van der Waals surface area contributed by atoms with Crippen LogP contribution in [-0.4, -0.2) is 24.7 Å². The third-order valence-electron chi connectivity index (χ3n) is 3.27. The number of carbonyl (C=O) groups excluding carboxylic acids is 1. The highest BCUT2D eigenvalue weighted by molar-refractivity contribution is 7.80. The molecular formula is C19H22N2O3S. The number of hydrogen-bond acceptors (Lipinski definition) is 4. The lowest BCUT2D eigenvalue weighted by Gasteiger charge is -2.12. The molecule has 2 rings (SSSR count). The minimum absolute atomic E-state index is 0.215. The van der Waals surface area contributed by atoms with E-state index in [0.717, 1.165) is 11.4 Å². The molecule has 6 heteroatoms. The molecule has 0 aliphatic heterocycles. The Hall–Kier alpha value is -2.60. The molecule has 0 spiro atoms. The van der Waals surface area contributed by atoms with Crippen LogP contribution in [0.3, 0.4) is 0 Å². The summed E-state index contributed by atoms with van der Waals surface area (Å²) in [6.07, 6.45) is 0. The molecule has 132 valence electrons. The summed E-state index contributed by atoms with van der Waals surface area (Å²) in [5.74, 6) is 1.43. The highest BCUT2D eigenvalue weighted by Gasteiger charge is 2.12. The van der Waals surface area contributed by atoms with E-state index in [1.54, 1.807) is 24.3 Å². The summed E-state index contributed by atoms with van der Waals surface area (Å²) in [6, 6.07) is 14.4. The first kappa shape index (κ1) is 18.7. The Morgan fingerprint density at radius 3 is 2.44 bits per heavy atom. The molecule has 2 aromatic carbocycles. The van der Waals surface area contributed by atoms with Crippen LogP contribution in [-0.2, 0) is 0 Å². The molecule has 2 aromatic rings. The van der Waals surface area contributed by atoms with Gasteiger partial charge in [-0.05, 0) is 54.5 Å². The van der Waals surface area contributed by atoms with E-state index >= 15 is 0 Å². The Morgan fingerprint density at radius 2 is 1.80 bits per heavy atom. The molecule has 25 heavy (non-hydrogen) atoms. The van der Waals surface area contributed by atoms with Crippen molar-refractivity contribution >= 4 is 28.9 Å². The number of ether oxygens (including phenoxy) is 2. The topological polar surface area (TPSA) is 59.6 Å². The summed E-state index contributed by atoms with van der Waals surface area (Å²) in [5.41, 5.74) is 1.19. The fourth-order valence-corrected chi connectivity index (χ4v) is 2.27. The SMILES string of the molecule is COc1ccccc1C(=O)NC(=S)Nc1ccc(OCC(C)C)cc1. The molecule has 0 saturated heterocycles. The molecule has 0 atom stereocenters. The van der Waals surface area contributed by atoms with Crippen molar-refractivity contribution in [1.82, 2.24) is 5.32 Å². The van der Waals surface area contributed by atoms with E-state index in [4.69, 9.17) is 21.7 Å². The maximum absolute atomic E-state index is 12.3. The summed E-state index contributed by atoms with van der Waals surface area (Å²) in [6.45, 7) is 4.86. The first-order valence-electron chi connectivity index (χ1n) is 7.98. The maximum atomic E-state index is 12.3. The summed E-state index contributed by atoms with van der Waals surface area (Å²) < 4.78 is 10.8. The van der Waals surface area contributed by atoms with Crippen LogP contribution in [0.1, 0.15) is 24.2 Å². The van der Waals surface area contributed by atoms with Crippen LogP contribution in [0.25, 0.3) is 0 Å². The Bertz CT molecular complexity index is 730. The molecular weight excluding hydrogens is 336 g/mol. The van der Waals surface area contributed by atoms with Crippen LogP contribution < -0.4 is 20.1 Å². The first-order valence-corrected chi connectivity index (χ1v) is 8.38. The fourth-order valence-electron chi connectivity index (χ4n) is 2.06. The van der Waals surface area contributed by atoms with E-state index in [1.807, 2.05) is 24.3 Å². The monoisotopic (exact) mass is 358 g/mol. The van der Waals surface area contributed by atoms with Crippen LogP contribution in [0.4, 0.5) is 5.69 Å². The number of amides is 1. The highest BCUT2D eigenvalue weighted by Crippen LogP contribution is 2.18. The molecule has 0 bridgehead atoms. The van der Waals surface area contributed by atoms with E-state index in [0.29, 0.717) is 23.8 Å². The van der Waals surface area contributed by atoms with E-state index < -0.39 is 0 Å². The van der Waals surface area contributed by atoms with Crippen LogP contribution in [0, 0.1) is 5.92 Å². The number of thiocarbonyl (C=S) groups is 1. The van der Waals surface area contributed by atoms with Crippen molar-refractivity contribution < 1.29 is 14.3 Å². The van der Waals surface area contributed by atoms with Crippen molar-refractivity contribution in [3.05, 3.63) is 54.1 Å². The van der Waals surface area contributed by atoms with Crippen LogP contribution in [0.15, 0.2) is 48.5 Å². The van der Waals surface area contributed by atoms with Gasteiger partial charge in [-0.3, -0.25) is 10.1 Å². The van der Waals surface area contributed by atoms with Crippen molar-refractivity contribution in [1.29, 1.82) is 0 Å². The van der Waals surface area contributed by atoms with Gasteiger partial charge in [0.05, 0.1) is 19.3 Å². The second-order valence-electron chi connectivity index (χ2n) is 5.84. The lowest BCUT2D eigenvalue weighted by molar-refractivity contribution is 0.0975. The summed E-state index contributed by atoms with van der Waals surface area (Å²) in [5, 5.41) is 5.83. The number of hydrogen-bond donors (Lipinski definition) is 2. The molecule has 0 unspecified atom stereocenters. The quantitative estimate of drug-likeness (QED) is 0.768. The molecule has 0 aromatic heterocycles. The minimum atomic E-state index is -0.327. The summed E-state index contributed by atoms with van der Waals surface area (Å²) in [7, 11) is 1.52. The van der Waals surface area contributed by atoms with Gasteiger partial charge in [0.2, 0.25) is 0 Å². The predicted octanol–water partition coefficient (Wildman–Crippen LogP) is 3.86. The van der Waals surface area contributed by atoms with E-state index in [2.05, 4.69) is 24.5 Å². The van der Waals surface area contributed by atoms with E-state index in [-0.39, 0.29) is 11.0 Å². The smallest absolute Gasteiger partial charge is 0.261 e. The van der Waals surface area contributed by atoms with Crippen LogP contribution >= 0.6 is 12.2 Å². The molecule has 0 aliphatic carbocycles. The Kier molecular flexibility index (Phi) is 6.77. The number of methoxy groups -OCH3 is 1. The average molecular weight is 358 g/mol. The number of anilines is 1. The second-order valence-corrected chi connectivity index (χ2v) is 6.25. The number of carbonyl (C=O) groups is 1. The fraction of sp³-hybridized carbons (Fsp3) is 0.263. The van der Waals surface area contributed by atoms with Crippen molar-refractivity contribution in [2.24, 2.45) is 5.92 Å². The van der Waals surface area contributed by atoms with Gasteiger partial charge in [-0.2, -0.15) is 0 Å². The van der Waals surface area contributed by atoms with Gasteiger partial charge >= 0.3 is 0 Å². The third kappa shape index (κ3) is 5.76. The minimum Gasteiger partial charge on any atom is -0.496 e. The molecule has 5 nitrogen and oxygen atoms in total. The Labute approximate surface area is 153 Å². The zero-order valence-electron chi connectivity index (χ0n) is 14.5. The van der Waals surface area contributed by atoms with Crippen molar-refractivity contribution in [3.8, 4) is 11.5 Å². The average Bonchev–Trinajstić information content (AvgIpc) is 2.60. The summed E-state index contributed by atoms with van der Waals surface area (Å²) in [4.78, 5) is 12.3. The van der Waals surface area contributed by atoms with Crippen molar-refractivity contribution in [2.45, 2.75) is 13.8 Å². The standard InChI is InChI=1S/C19H22N2O3S/c1-13(2)12-24-15-10-8-14(9-11-15)20-19(25)21-18(22)16-6-4-5-7-17(16)23-3/h4-11,13H,12H2,1-3H3,(H2,20,21,22,25). The highest BCUT2D eigenvalue weighted by atomic mass is 32.1. The van der Waals surface area contributed by atoms with Gasteiger partial charge < -0.3 is 14.8 Å². The van der Waals surface area contributed by atoms with Gasteiger partial charge in [-0.25, -0.2) is 0 Å². The lowest BCUT2D eigenvalue weighted by atomic mass is 10.2. The number of nitrogens with one attached hydrogen (secondary N) is 2. The zero-order chi connectivity index (χ0) is 18.2. The first-order chi connectivity index (χ1) is 12.0. The zero-order valence-corrected chi connectivity index (χ0v) is 15.4. The largest absolute Gasteiger partial charge is 0.496 e. The van der Waals surface area contributed by atoms with Crippen LogP contribution in [0.2, 0.25) is 0 Å². The molecule has 2 N–H and O–H groups in total. The molecule has 0 heterocycles. The second kappa shape index (κ2) is 9.03. The van der Waals surface area contributed by atoms with Gasteiger partial charge in [-0.15, -0.1) is 0 Å². The maximum Gasteiger partial charge on any atom is 0.261 e. The van der Waals surface area contributed by atoms with Gasteiger partial charge in [0.1, 0.15) is 11.5 Å². The van der Waals surface area contributed by atoms with E-state index in [9.17, 15) is 4.79 Å². The third-order valence-corrected chi connectivity index (χ3v) is 3.48. The number of benzene rings is 2. The Balaban J connectivity index is 1.92.